The van der Waals surface area contributed by atoms with E-state index in [1.165, 1.54) is 4.57 Å². The van der Waals surface area contributed by atoms with Crippen molar-refractivity contribution in [3.8, 4) is 5.75 Å². The summed E-state index contributed by atoms with van der Waals surface area (Å²) in [5.41, 5.74) is 5.28. The number of hydrogen-bond acceptors (Lipinski definition) is 6. The van der Waals surface area contributed by atoms with E-state index in [9.17, 15) is 4.79 Å². The first-order valence-electron chi connectivity index (χ1n) is 7.13. The van der Waals surface area contributed by atoms with Crippen molar-refractivity contribution in [2.24, 2.45) is 12.8 Å². The molecule has 7 heteroatoms. The van der Waals surface area contributed by atoms with Crippen molar-refractivity contribution in [3.05, 3.63) is 16.7 Å². The molecule has 2 heterocycles. The van der Waals surface area contributed by atoms with Crippen LogP contribution < -0.4 is 26.8 Å². The van der Waals surface area contributed by atoms with Gasteiger partial charge in [0.1, 0.15) is 6.10 Å². The van der Waals surface area contributed by atoms with Gasteiger partial charge in [-0.1, -0.05) is 0 Å². The molecule has 3 atom stereocenters. The fourth-order valence-electron chi connectivity index (χ4n) is 3.01. The molecule has 1 aliphatic heterocycles. The standard InChI is InChI=1S/C13H21N5O2/c1-18-7-10-12(17-13(18)19)16-11-8(15-6-5-14)3-2-4-9(11)20-10/h7-9,11,15H,2-6,14H2,1H3,(H,16,17,19). The summed E-state index contributed by atoms with van der Waals surface area (Å²) in [6.45, 7) is 1.40. The Morgan fingerprint density at radius 3 is 3.25 bits per heavy atom. The lowest BCUT2D eigenvalue weighted by Crippen LogP contribution is -2.57. The van der Waals surface area contributed by atoms with Crippen LogP contribution in [0.15, 0.2) is 11.0 Å². The van der Waals surface area contributed by atoms with Crippen LogP contribution in [-0.4, -0.2) is 40.8 Å². The van der Waals surface area contributed by atoms with Gasteiger partial charge in [0.15, 0.2) is 11.6 Å². The predicted octanol–water partition coefficient (Wildman–Crippen LogP) is -0.577. The van der Waals surface area contributed by atoms with Crippen LogP contribution in [0, 0.1) is 0 Å². The highest BCUT2D eigenvalue weighted by Gasteiger charge is 2.38. The summed E-state index contributed by atoms with van der Waals surface area (Å²) in [7, 11) is 1.68. The van der Waals surface area contributed by atoms with Gasteiger partial charge in [-0.05, 0) is 19.3 Å². The summed E-state index contributed by atoms with van der Waals surface area (Å²) in [6, 6.07) is 0.443. The minimum Gasteiger partial charge on any atom is -0.483 e. The molecule has 1 saturated carbocycles. The molecule has 0 bridgehead atoms. The Morgan fingerprint density at radius 1 is 1.60 bits per heavy atom. The predicted molar refractivity (Wildman–Crippen MR) is 76.0 cm³/mol. The number of fused-ring (bicyclic) bond motifs is 2. The average molecular weight is 279 g/mol. The van der Waals surface area contributed by atoms with E-state index in [2.05, 4.69) is 15.6 Å². The third-order valence-corrected chi connectivity index (χ3v) is 4.02. The van der Waals surface area contributed by atoms with Gasteiger partial charge < -0.3 is 21.1 Å². The average Bonchev–Trinajstić information content (AvgIpc) is 2.44. The number of ether oxygens (including phenoxy) is 1. The van der Waals surface area contributed by atoms with Gasteiger partial charge in [-0.3, -0.25) is 4.57 Å². The molecule has 20 heavy (non-hydrogen) atoms. The molecule has 1 aromatic heterocycles. The SMILES string of the molecule is Cn1cc2c(nc1=O)NC1C(NCCN)CCCC1O2. The van der Waals surface area contributed by atoms with Gasteiger partial charge in [0.2, 0.25) is 0 Å². The zero-order valence-electron chi connectivity index (χ0n) is 11.6. The lowest BCUT2D eigenvalue weighted by molar-refractivity contribution is 0.108. The Labute approximate surface area is 117 Å². The number of nitrogens with zero attached hydrogens (tertiary/aromatic N) is 2. The maximum absolute atomic E-state index is 11.6. The fourth-order valence-corrected chi connectivity index (χ4v) is 3.01. The molecule has 2 aliphatic rings. The second-order valence-corrected chi connectivity index (χ2v) is 5.45. The lowest BCUT2D eigenvalue weighted by atomic mass is 9.86. The van der Waals surface area contributed by atoms with E-state index in [0.29, 0.717) is 24.2 Å². The van der Waals surface area contributed by atoms with Gasteiger partial charge in [-0.2, -0.15) is 4.98 Å². The first-order valence-corrected chi connectivity index (χ1v) is 7.13. The van der Waals surface area contributed by atoms with E-state index in [1.807, 2.05) is 0 Å². The molecule has 0 spiro atoms. The molecule has 4 N–H and O–H groups in total. The summed E-state index contributed by atoms with van der Waals surface area (Å²) >= 11 is 0. The Bertz CT molecular complexity index is 544. The molecular weight excluding hydrogens is 258 g/mol. The molecule has 0 aromatic carbocycles. The molecular formula is C13H21N5O2. The molecule has 110 valence electrons. The number of rotatable bonds is 3. The maximum Gasteiger partial charge on any atom is 0.349 e. The Balaban J connectivity index is 1.84. The van der Waals surface area contributed by atoms with Crippen molar-refractivity contribution in [1.82, 2.24) is 14.9 Å². The van der Waals surface area contributed by atoms with Crippen molar-refractivity contribution < 1.29 is 4.74 Å². The van der Waals surface area contributed by atoms with Gasteiger partial charge in [0, 0.05) is 26.2 Å². The van der Waals surface area contributed by atoms with Crippen molar-refractivity contribution in [2.75, 3.05) is 18.4 Å². The van der Waals surface area contributed by atoms with E-state index < -0.39 is 0 Å². The first kappa shape index (κ1) is 13.4. The first-order chi connectivity index (χ1) is 9.69. The van der Waals surface area contributed by atoms with Crippen molar-refractivity contribution >= 4 is 5.82 Å². The van der Waals surface area contributed by atoms with E-state index in [4.69, 9.17) is 10.5 Å². The highest BCUT2D eigenvalue weighted by Crippen LogP contribution is 2.34. The summed E-state index contributed by atoms with van der Waals surface area (Å²) in [6.07, 6.45) is 5.04. The summed E-state index contributed by atoms with van der Waals surface area (Å²) in [4.78, 5) is 15.7. The maximum atomic E-state index is 11.6. The third-order valence-electron chi connectivity index (χ3n) is 4.02. The summed E-state index contributed by atoms with van der Waals surface area (Å²) < 4.78 is 7.46. The van der Waals surface area contributed by atoms with Crippen molar-refractivity contribution in [1.29, 1.82) is 0 Å². The number of aryl methyl sites for hydroxylation is 1. The van der Waals surface area contributed by atoms with Crippen LogP contribution in [0.25, 0.3) is 0 Å². The van der Waals surface area contributed by atoms with Gasteiger partial charge in [0.25, 0.3) is 0 Å². The number of nitrogens with two attached hydrogens (primary N) is 1. The smallest absolute Gasteiger partial charge is 0.349 e. The highest BCUT2D eigenvalue weighted by atomic mass is 16.5. The van der Waals surface area contributed by atoms with Crippen molar-refractivity contribution in [2.45, 2.75) is 37.5 Å². The zero-order chi connectivity index (χ0) is 14.1. The van der Waals surface area contributed by atoms with Crippen LogP contribution in [0.5, 0.6) is 5.75 Å². The second kappa shape index (κ2) is 5.41. The Kier molecular flexibility index (Phi) is 3.62. The van der Waals surface area contributed by atoms with Crippen LogP contribution in [0.1, 0.15) is 19.3 Å². The molecule has 0 saturated heterocycles. The van der Waals surface area contributed by atoms with Crippen LogP contribution in [0.3, 0.4) is 0 Å². The van der Waals surface area contributed by atoms with E-state index in [-0.39, 0.29) is 17.8 Å². The molecule has 1 aliphatic carbocycles. The number of aromatic nitrogens is 2. The van der Waals surface area contributed by atoms with E-state index >= 15 is 0 Å². The molecule has 0 amide bonds. The Hall–Kier alpha value is -1.60. The minimum atomic E-state index is -0.277. The summed E-state index contributed by atoms with van der Waals surface area (Å²) in [5, 5.41) is 6.82. The number of anilines is 1. The minimum absolute atomic E-state index is 0.117. The van der Waals surface area contributed by atoms with Gasteiger partial charge in [-0.15, -0.1) is 0 Å². The molecule has 3 rings (SSSR count). The molecule has 1 aromatic rings. The van der Waals surface area contributed by atoms with E-state index in [0.717, 1.165) is 25.8 Å². The summed E-state index contributed by atoms with van der Waals surface area (Å²) in [5.74, 6) is 1.21. The number of hydrogen-bond donors (Lipinski definition) is 3. The van der Waals surface area contributed by atoms with Crippen LogP contribution >= 0.6 is 0 Å². The van der Waals surface area contributed by atoms with Crippen LogP contribution in [0.2, 0.25) is 0 Å². The molecule has 3 unspecified atom stereocenters. The quantitative estimate of drug-likeness (QED) is 0.685. The van der Waals surface area contributed by atoms with Gasteiger partial charge in [-0.25, -0.2) is 4.79 Å². The fraction of sp³-hybridized carbons (Fsp3) is 0.692. The topological polar surface area (TPSA) is 94.2 Å². The largest absolute Gasteiger partial charge is 0.483 e. The normalized spacial score (nSPS) is 28.0. The van der Waals surface area contributed by atoms with Gasteiger partial charge >= 0.3 is 5.69 Å². The monoisotopic (exact) mass is 279 g/mol. The molecule has 7 nitrogen and oxygen atoms in total. The van der Waals surface area contributed by atoms with Crippen LogP contribution in [0.4, 0.5) is 5.82 Å². The molecule has 0 radical (unpaired) electrons. The molecule has 1 fully saturated rings. The third kappa shape index (κ3) is 2.38. The van der Waals surface area contributed by atoms with Gasteiger partial charge in [0.05, 0.1) is 12.2 Å². The van der Waals surface area contributed by atoms with Crippen LogP contribution in [-0.2, 0) is 7.05 Å². The zero-order valence-corrected chi connectivity index (χ0v) is 11.6. The highest BCUT2D eigenvalue weighted by molar-refractivity contribution is 5.52. The number of nitrogens with one attached hydrogen (secondary N) is 2. The lowest BCUT2D eigenvalue weighted by Gasteiger charge is -2.42. The second-order valence-electron chi connectivity index (χ2n) is 5.45. The Morgan fingerprint density at radius 2 is 2.45 bits per heavy atom. The van der Waals surface area contributed by atoms with E-state index in [1.54, 1.807) is 13.2 Å². The van der Waals surface area contributed by atoms with Crippen molar-refractivity contribution in [3.63, 3.8) is 0 Å².